The van der Waals surface area contributed by atoms with Gasteiger partial charge >= 0.3 is 0 Å². The van der Waals surface area contributed by atoms with Crippen LogP contribution in [0.1, 0.15) is 32.0 Å². The fourth-order valence-corrected chi connectivity index (χ4v) is 3.27. The van der Waals surface area contributed by atoms with Gasteiger partial charge in [0.1, 0.15) is 12.4 Å². The van der Waals surface area contributed by atoms with Crippen molar-refractivity contribution in [3.8, 4) is 5.75 Å². The largest absolute Gasteiger partial charge is 0.487 e. The minimum Gasteiger partial charge on any atom is -0.487 e. The average Bonchev–Trinajstić information content (AvgIpc) is 3.30. The van der Waals surface area contributed by atoms with E-state index in [-0.39, 0.29) is 11.8 Å². The second kappa shape index (κ2) is 11.2. The molecule has 0 saturated heterocycles. The van der Waals surface area contributed by atoms with Crippen LogP contribution in [0.3, 0.4) is 0 Å². The number of nitrogens with one attached hydrogen (secondary N) is 2. The van der Waals surface area contributed by atoms with Gasteiger partial charge in [-0.1, -0.05) is 12.1 Å². The van der Waals surface area contributed by atoms with Gasteiger partial charge in [-0.3, -0.25) is 9.59 Å². The van der Waals surface area contributed by atoms with Crippen molar-refractivity contribution >= 4 is 23.2 Å². The standard InChI is InChI=1S/C23H26N4O3S/c1-27(2)12-11-24-22(28)18-5-3-17(4-6-18)13-25-23(29)19-7-9-21(10-8-19)30-14-20-15-31-16-26-20/h3-10,15-16H,11-14H2,1-2H3,(H,24,28)(H,25,29). The van der Waals surface area contributed by atoms with Crippen LogP contribution in [0, 0.1) is 0 Å². The van der Waals surface area contributed by atoms with Crippen LogP contribution in [-0.4, -0.2) is 48.9 Å². The topological polar surface area (TPSA) is 83.6 Å². The first kappa shape index (κ1) is 22.5. The molecule has 0 spiro atoms. The first-order valence-electron chi connectivity index (χ1n) is 9.91. The highest BCUT2D eigenvalue weighted by Crippen LogP contribution is 2.14. The maximum atomic E-state index is 12.4. The third-order valence-corrected chi connectivity index (χ3v) is 5.14. The molecule has 0 aliphatic heterocycles. The average molecular weight is 439 g/mol. The molecule has 3 rings (SSSR count). The van der Waals surface area contributed by atoms with E-state index >= 15 is 0 Å². The van der Waals surface area contributed by atoms with Gasteiger partial charge in [0.15, 0.2) is 0 Å². The van der Waals surface area contributed by atoms with Gasteiger partial charge in [-0.15, -0.1) is 11.3 Å². The molecule has 0 radical (unpaired) electrons. The third-order valence-electron chi connectivity index (χ3n) is 4.50. The van der Waals surface area contributed by atoms with Gasteiger partial charge < -0.3 is 20.3 Å². The molecular formula is C23H26N4O3S. The normalized spacial score (nSPS) is 10.7. The summed E-state index contributed by atoms with van der Waals surface area (Å²) in [5, 5.41) is 7.71. The third kappa shape index (κ3) is 7.20. The van der Waals surface area contributed by atoms with Crippen molar-refractivity contribution in [3.05, 3.63) is 81.8 Å². The van der Waals surface area contributed by atoms with Crippen LogP contribution in [0.4, 0.5) is 0 Å². The molecule has 0 saturated carbocycles. The van der Waals surface area contributed by atoms with Gasteiger partial charge in [0.2, 0.25) is 0 Å². The number of benzene rings is 2. The van der Waals surface area contributed by atoms with Crippen LogP contribution in [0.15, 0.2) is 59.4 Å². The lowest BCUT2D eigenvalue weighted by Crippen LogP contribution is -2.31. The molecule has 0 aliphatic rings. The molecule has 7 nitrogen and oxygen atoms in total. The summed E-state index contributed by atoms with van der Waals surface area (Å²) in [5.41, 5.74) is 4.71. The van der Waals surface area contributed by atoms with Crippen molar-refractivity contribution in [2.75, 3.05) is 27.2 Å². The number of aromatic nitrogens is 1. The minimum atomic E-state index is -0.170. The van der Waals surface area contributed by atoms with Crippen molar-refractivity contribution in [1.82, 2.24) is 20.5 Å². The van der Waals surface area contributed by atoms with Crippen LogP contribution in [0.5, 0.6) is 5.75 Å². The van der Waals surface area contributed by atoms with E-state index in [1.54, 1.807) is 41.9 Å². The number of thiazole rings is 1. The molecule has 3 aromatic rings. The van der Waals surface area contributed by atoms with E-state index in [2.05, 4.69) is 15.6 Å². The number of carbonyl (C=O) groups excluding carboxylic acids is 2. The van der Waals surface area contributed by atoms with Crippen molar-refractivity contribution in [3.63, 3.8) is 0 Å². The number of hydrogen-bond donors (Lipinski definition) is 2. The maximum Gasteiger partial charge on any atom is 0.251 e. The van der Waals surface area contributed by atoms with Gasteiger partial charge in [-0.05, 0) is 56.1 Å². The number of nitrogens with zero attached hydrogens (tertiary/aromatic N) is 2. The summed E-state index contributed by atoms with van der Waals surface area (Å²) in [6, 6.07) is 14.2. The fourth-order valence-electron chi connectivity index (χ4n) is 2.72. The van der Waals surface area contributed by atoms with Crippen LogP contribution in [0.25, 0.3) is 0 Å². The molecular weight excluding hydrogens is 412 g/mol. The van der Waals surface area contributed by atoms with E-state index in [9.17, 15) is 9.59 Å². The fraction of sp³-hybridized carbons (Fsp3) is 0.261. The van der Waals surface area contributed by atoms with E-state index in [4.69, 9.17) is 4.74 Å². The Labute approximate surface area is 186 Å². The molecule has 1 aromatic heterocycles. The molecule has 0 aliphatic carbocycles. The Hall–Kier alpha value is -3.23. The maximum absolute atomic E-state index is 12.4. The van der Waals surface area contributed by atoms with E-state index in [1.165, 1.54) is 11.3 Å². The van der Waals surface area contributed by atoms with Crippen molar-refractivity contribution < 1.29 is 14.3 Å². The molecule has 2 aromatic carbocycles. The highest BCUT2D eigenvalue weighted by Gasteiger charge is 2.08. The number of carbonyl (C=O) groups is 2. The molecule has 2 amide bonds. The van der Waals surface area contributed by atoms with Crippen LogP contribution >= 0.6 is 11.3 Å². The van der Waals surface area contributed by atoms with E-state index in [1.807, 2.05) is 36.5 Å². The second-order valence-electron chi connectivity index (χ2n) is 7.23. The van der Waals surface area contributed by atoms with Gasteiger partial charge in [0, 0.05) is 36.1 Å². The van der Waals surface area contributed by atoms with E-state index in [0.717, 1.165) is 17.8 Å². The van der Waals surface area contributed by atoms with Gasteiger partial charge in [-0.2, -0.15) is 0 Å². The molecule has 0 unspecified atom stereocenters. The minimum absolute atomic E-state index is 0.102. The SMILES string of the molecule is CN(C)CCNC(=O)c1ccc(CNC(=O)c2ccc(OCc3cscn3)cc2)cc1. The van der Waals surface area contributed by atoms with E-state index < -0.39 is 0 Å². The van der Waals surface area contributed by atoms with Gasteiger partial charge in [-0.25, -0.2) is 4.98 Å². The Morgan fingerprint density at radius 1 is 0.968 bits per heavy atom. The number of rotatable bonds is 10. The Morgan fingerprint density at radius 3 is 2.23 bits per heavy atom. The van der Waals surface area contributed by atoms with Gasteiger partial charge in [0.25, 0.3) is 11.8 Å². The Bertz CT molecular complexity index is 971. The zero-order chi connectivity index (χ0) is 22.1. The summed E-state index contributed by atoms with van der Waals surface area (Å²) in [6.07, 6.45) is 0. The molecule has 0 atom stereocenters. The van der Waals surface area contributed by atoms with Crippen LogP contribution < -0.4 is 15.4 Å². The highest BCUT2D eigenvalue weighted by atomic mass is 32.1. The monoisotopic (exact) mass is 438 g/mol. The van der Waals surface area contributed by atoms with Crippen LogP contribution in [-0.2, 0) is 13.2 Å². The number of likely N-dealkylation sites (N-methyl/N-ethyl adjacent to an activating group) is 1. The summed E-state index contributed by atoms with van der Waals surface area (Å²) in [4.78, 5) is 30.7. The quantitative estimate of drug-likeness (QED) is 0.509. The number of amides is 2. The smallest absolute Gasteiger partial charge is 0.251 e. The van der Waals surface area contributed by atoms with Crippen molar-refractivity contribution in [2.24, 2.45) is 0 Å². The highest BCUT2D eigenvalue weighted by molar-refractivity contribution is 7.07. The molecule has 1 heterocycles. The van der Waals surface area contributed by atoms with Crippen molar-refractivity contribution in [2.45, 2.75) is 13.2 Å². The molecule has 31 heavy (non-hydrogen) atoms. The molecule has 0 fully saturated rings. The number of ether oxygens (including phenoxy) is 1. The summed E-state index contributed by atoms with van der Waals surface area (Å²) in [5.74, 6) is 0.412. The van der Waals surface area contributed by atoms with Crippen LogP contribution in [0.2, 0.25) is 0 Å². The Morgan fingerprint density at radius 2 is 1.61 bits per heavy atom. The lowest BCUT2D eigenvalue weighted by atomic mass is 10.1. The molecule has 162 valence electrons. The summed E-state index contributed by atoms with van der Waals surface area (Å²) < 4.78 is 5.66. The lowest BCUT2D eigenvalue weighted by molar-refractivity contribution is 0.0941. The summed E-state index contributed by atoms with van der Waals surface area (Å²) >= 11 is 1.53. The predicted molar refractivity (Wildman–Crippen MR) is 121 cm³/mol. The first-order chi connectivity index (χ1) is 15.0. The van der Waals surface area contributed by atoms with Crippen molar-refractivity contribution in [1.29, 1.82) is 0 Å². The molecule has 2 N–H and O–H groups in total. The Balaban J connectivity index is 1.45. The zero-order valence-corrected chi connectivity index (χ0v) is 18.4. The second-order valence-corrected chi connectivity index (χ2v) is 7.95. The zero-order valence-electron chi connectivity index (χ0n) is 17.6. The molecule has 8 heteroatoms. The van der Waals surface area contributed by atoms with E-state index in [0.29, 0.717) is 36.6 Å². The molecule has 0 bridgehead atoms. The predicted octanol–water partition coefficient (Wildman–Crippen LogP) is 2.94. The number of hydrogen-bond acceptors (Lipinski definition) is 6. The lowest BCUT2D eigenvalue weighted by Gasteiger charge is -2.11. The Kier molecular flexibility index (Phi) is 8.14. The summed E-state index contributed by atoms with van der Waals surface area (Å²) in [7, 11) is 3.92. The first-order valence-corrected chi connectivity index (χ1v) is 10.9. The summed E-state index contributed by atoms with van der Waals surface area (Å²) in [6.45, 7) is 2.16. The van der Waals surface area contributed by atoms with Gasteiger partial charge in [0.05, 0.1) is 11.2 Å².